The van der Waals surface area contributed by atoms with Gasteiger partial charge < -0.3 is 4.90 Å². The monoisotopic (exact) mass is 339 g/mol. The Bertz CT molecular complexity index is 735. The van der Waals surface area contributed by atoms with E-state index in [0.29, 0.717) is 0 Å². The predicted octanol–water partition coefficient (Wildman–Crippen LogP) is 3.02. The van der Waals surface area contributed by atoms with Crippen LogP contribution in [0.4, 0.5) is 0 Å². The third kappa shape index (κ3) is 2.74. The van der Waals surface area contributed by atoms with Crippen molar-refractivity contribution in [3.05, 3.63) is 36.3 Å². The van der Waals surface area contributed by atoms with E-state index in [4.69, 9.17) is 0 Å². The Morgan fingerprint density at radius 1 is 1.28 bits per heavy atom. The van der Waals surface area contributed by atoms with Crippen molar-refractivity contribution >= 4 is 5.91 Å². The summed E-state index contributed by atoms with van der Waals surface area (Å²) in [5.74, 6) is 0.261. The summed E-state index contributed by atoms with van der Waals surface area (Å²) in [5, 5.41) is 11.1. The van der Waals surface area contributed by atoms with E-state index in [0.717, 1.165) is 55.5 Å². The van der Waals surface area contributed by atoms with Crippen molar-refractivity contribution in [3.63, 3.8) is 0 Å². The van der Waals surface area contributed by atoms with Gasteiger partial charge in [-0.25, -0.2) is 0 Å². The summed E-state index contributed by atoms with van der Waals surface area (Å²) >= 11 is 0. The van der Waals surface area contributed by atoms with E-state index in [-0.39, 0.29) is 17.6 Å². The van der Waals surface area contributed by atoms with Crippen LogP contribution in [0.15, 0.2) is 30.7 Å². The van der Waals surface area contributed by atoms with Crippen molar-refractivity contribution in [3.8, 4) is 11.3 Å². The summed E-state index contributed by atoms with van der Waals surface area (Å²) in [6, 6.07) is 3.93. The standard InChI is InChI=1S/C19H25N5O/c1-2-11-24-17(22-19(18(24)25)8-4-3-5-9-19)15-13-21-23-16(15)14-7-6-10-20-12-14/h6-7,10,12-13,17,22H,2-5,8-9,11H2,1H3,(H,21,23)/t17-/m1/s1. The Morgan fingerprint density at radius 2 is 2.12 bits per heavy atom. The molecule has 1 amide bonds. The van der Waals surface area contributed by atoms with E-state index in [2.05, 4.69) is 27.4 Å². The highest BCUT2D eigenvalue weighted by atomic mass is 16.2. The van der Waals surface area contributed by atoms with Gasteiger partial charge in [-0.3, -0.25) is 20.2 Å². The highest BCUT2D eigenvalue weighted by Crippen LogP contribution is 2.41. The zero-order valence-corrected chi connectivity index (χ0v) is 14.7. The summed E-state index contributed by atoms with van der Waals surface area (Å²) in [6.45, 7) is 2.88. The summed E-state index contributed by atoms with van der Waals surface area (Å²) in [7, 11) is 0. The number of aromatic nitrogens is 3. The zero-order chi connectivity index (χ0) is 17.3. The van der Waals surface area contributed by atoms with Gasteiger partial charge in [0.05, 0.1) is 17.4 Å². The van der Waals surface area contributed by atoms with E-state index in [1.807, 2.05) is 29.4 Å². The molecule has 25 heavy (non-hydrogen) atoms. The average molecular weight is 339 g/mol. The number of nitrogens with one attached hydrogen (secondary N) is 2. The number of carbonyl (C=O) groups excluding carboxylic acids is 1. The number of nitrogens with zero attached hydrogens (tertiary/aromatic N) is 3. The van der Waals surface area contributed by atoms with Crippen LogP contribution in [0.5, 0.6) is 0 Å². The zero-order valence-electron chi connectivity index (χ0n) is 14.7. The minimum Gasteiger partial charge on any atom is -0.321 e. The maximum Gasteiger partial charge on any atom is 0.244 e. The van der Waals surface area contributed by atoms with Crippen LogP contribution in [-0.2, 0) is 4.79 Å². The summed E-state index contributed by atoms with van der Waals surface area (Å²) < 4.78 is 0. The van der Waals surface area contributed by atoms with Crippen LogP contribution in [0.2, 0.25) is 0 Å². The molecule has 2 N–H and O–H groups in total. The fraction of sp³-hybridized carbons (Fsp3) is 0.526. The number of hydrogen-bond acceptors (Lipinski definition) is 4. The molecule has 0 aromatic carbocycles. The molecule has 1 atom stereocenters. The molecule has 1 aliphatic carbocycles. The van der Waals surface area contributed by atoms with Crippen LogP contribution in [-0.4, -0.2) is 38.1 Å². The molecule has 0 radical (unpaired) electrons. The molecule has 2 aliphatic rings. The number of carbonyl (C=O) groups is 1. The molecule has 132 valence electrons. The molecular formula is C19H25N5O. The van der Waals surface area contributed by atoms with Crippen LogP contribution in [0, 0.1) is 0 Å². The third-order valence-corrected chi connectivity index (χ3v) is 5.48. The fourth-order valence-corrected chi connectivity index (χ4v) is 4.27. The van der Waals surface area contributed by atoms with Gasteiger partial charge in [0.1, 0.15) is 6.17 Å². The molecule has 0 bridgehead atoms. The van der Waals surface area contributed by atoms with E-state index in [1.165, 1.54) is 6.42 Å². The third-order valence-electron chi connectivity index (χ3n) is 5.48. The number of rotatable bonds is 4. The Balaban J connectivity index is 1.72. The first-order chi connectivity index (χ1) is 12.2. The molecule has 3 heterocycles. The lowest BCUT2D eigenvalue weighted by molar-refractivity contribution is -0.134. The minimum absolute atomic E-state index is 0.125. The highest BCUT2D eigenvalue weighted by Gasteiger charge is 2.51. The van der Waals surface area contributed by atoms with Gasteiger partial charge in [0.25, 0.3) is 0 Å². The topological polar surface area (TPSA) is 73.9 Å². The van der Waals surface area contributed by atoms with Gasteiger partial charge in [-0.1, -0.05) is 26.2 Å². The Labute approximate surface area is 148 Å². The maximum atomic E-state index is 13.2. The first-order valence-corrected chi connectivity index (χ1v) is 9.27. The van der Waals surface area contributed by atoms with Crippen molar-refractivity contribution in [1.82, 2.24) is 25.4 Å². The summed E-state index contributed by atoms with van der Waals surface area (Å²) in [5.41, 5.74) is 2.57. The lowest BCUT2D eigenvalue weighted by atomic mass is 9.81. The van der Waals surface area contributed by atoms with Gasteiger partial charge in [0.15, 0.2) is 0 Å². The van der Waals surface area contributed by atoms with E-state index < -0.39 is 0 Å². The van der Waals surface area contributed by atoms with E-state index >= 15 is 0 Å². The second kappa shape index (κ2) is 6.59. The number of pyridine rings is 1. The normalized spacial score (nSPS) is 22.7. The molecule has 1 saturated carbocycles. The molecule has 1 saturated heterocycles. The van der Waals surface area contributed by atoms with Gasteiger partial charge in [0.2, 0.25) is 5.91 Å². The summed E-state index contributed by atoms with van der Waals surface area (Å²) in [6.07, 6.45) is 11.6. The van der Waals surface area contributed by atoms with Gasteiger partial charge in [-0.15, -0.1) is 0 Å². The van der Waals surface area contributed by atoms with Crippen LogP contribution in [0.1, 0.15) is 57.2 Å². The van der Waals surface area contributed by atoms with Gasteiger partial charge in [-0.2, -0.15) is 5.10 Å². The second-order valence-corrected chi connectivity index (χ2v) is 7.13. The van der Waals surface area contributed by atoms with Gasteiger partial charge >= 0.3 is 0 Å². The Hall–Kier alpha value is -2.21. The Morgan fingerprint density at radius 3 is 2.84 bits per heavy atom. The fourth-order valence-electron chi connectivity index (χ4n) is 4.27. The van der Waals surface area contributed by atoms with Crippen molar-refractivity contribution in [2.45, 2.75) is 57.2 Å². The van der Waals surface area contributed by atoms with Crippen LogP contribution >= 0.6 is 0 Å². The molecule has 2 fully saturated rings. The first kappa shape index (κ1) is 16.3. The Kier molecular flexibility index (Phi) is 4.29. The molecule has 0 unspecified atom stereocenters. The van der Waals surface area contributed by atoms with E-state index in [1.54, 1.807) is 6.20 Å². The first-order valence-electron chi connectivity index (χ1n) is 9.27. The van der Waals surface area contributed by atoms with Gasteiger partial charge in [-0.05, 0) is 31.4 Å². The van der Waals surface area contributed by atoms with Crippen molar-refractivity contribution < 1.29 is 4.79 Å². The predicted molar refractivity (Wildman–Crippen MR) is 95.5 cm³/mol. The number of aromatic amines is 1. The van der Waals surface area contributed by atoms with Crippen molar-refractivity contribution in [1.29, 1.82) is 0 Å². The smallest absolute Gasteiger partial charge is 0.244 e. The second-order valence-electron chi connectivity index (χ2n) is 7.13. The molecule has 4 rings (SSSR count). The van der Waals surface area contributed by atoms with Crippen LogP contribution < -0.4 is 5.32 Å². The van der Waals surface area contributed by atoms with E-state index in [9.17, 15) is 4.79 Å². The molecule has 1 aliphatic heterocycles. The number of hydrogen-bond donors (Lipinski definition) is 2. The maximum absolute atomic E-state index is 13.2. The lowest BCUT2D eigenvalue weighted by Gasteiger charge is -2.31. The lowest BCUT2D eigenvalue weighted by Crippen LogP contribution is -2.48. The molecular weight excluding hydrogens is 314 g/mol. The van der Waals surface area contributed by atoms with Crippen molar-refractivity contribution in [2.24, 2.45) is 0 Å². The number of amides is 1. The van der Waals surface area contributed by atoms with Gasteiger partial charge in [0, 0.05) is 30.1 Å². The molecule has 6 nitrogen and oxygen atoms in total. The largest absolute Gasteiger partial charge is 0.321 e. The highest BCUT2D eigenvalue weighted by molar-refractivity contribution is 5.89. The molecule has 6 heteroatoms. The quantitative estimate of drug-likeness (QED) is 0.898. The SMILES string of the molecule is CCCN1C(=O)C2(CCCCC2)N[C@H]1c1cn[nH]c1-c1cccnc1. The van der Waals surface area contributed by atoms with Crippen LogP contribution in [0.25, 0.3) is 11.3 Å². The van der Waals surface area contributed by atoms with Crippen LogP contribution in [0.3, 0.4) is 0 Å². The molecule has 2 aromatic heterocycles. The average Bonchev–Trinajstić information content (AvgIpc) is 3.23. The summed E-state index contributed by atoms with van der Waals surface area (Å²) in [4.78, 5) is 19.5. The minimum atomic E-state index is -0.387. The molecule has 2 aromatic rings. The van der Waals surface area contributed by atoms with Crippen molar-refractivity contribution in [2.75, 3.05) is 6.54 Å². The molecule has 1 spiro atoms. The number of H-pyrrole nitrogens is 1.